The number of aromatic nitrogens is 1. The fourth-order valence-electron chi connectivity index (χ4n) is 12.8. The summed E-state index contributed by atoms with van der Waals surface area (Å²) in [5.41, 5.74) is 26.8. The van der Waals surface area contributed by atoms with Crippen LogP contribution in [0, 0.1) is 0 Å². The van der Waals surface area contributed by atoms with Crippen LogP contribution >= 0.6 is 0 Å². The lowest BCUT2D eigenvalue weighted by Crippen LogP contribution is -2.26. The molecular weight excluding hydrogens is 857 g/mol. The van der Waals surface area contributed by atoms with E-state index >= 15 is 0 Å². The van der Waals surface area contributed by atoms with Gasteiger partial charge in [0.2, 0.25) is 0 Å². The Morgan fingerprint density at radius 1 is 0.338 bits per heavy atom. The normalized spacial score (nSPS) is 13.8. The van der Waals surface area contributed by atoms with Gasteiger partial charge in [0.1, 0.15) is 0 Å². The number of para-hydroxylation sites is 2. The summed E-state index contributed by atoms with van der Waals surface area (Å²) in [7, 11) is 0. The van der Waals surface area contributed by atoms with E-state index in [1.54, 1.807) is 0 Å². The third kappa shape index (κ3) is 5.59. The lowest BCUT2D eigenvalue weighted by Gasteiger charge is -2.32. The zero-order chi connectivity index (χ0) is 46.6. The number of nitrogens with zero attached hydrogens (tertiary/aromatic N) is 2. The van der Waals surface area contributed by atoms with Crippen molar-refractivity contribution in [2.45, 2.75) is 5.41 Å². The second-order valence-electron chi connectivity index (χ2n) is 19.1. The van der Waals surface area contributed by atoms with Crippen molar-refractivity contribution in [3.05, 3.63) is 300 Å². The Bertz CT molecular complexity index is 4110. The summed E-state index contributed by atoms with van der Waals surface area (Å²) in [6.45, 7) is 0. The highest BCUT2D eigenvalue weighted by atomic mass is 15.2. The maximum absolute atomic E-state index is 2.56. The number of hydrogen-bond acceptors (Lipinski definition) is 1. The van der Waals surface area contributed by atoms with Gasteiger partial charge in [-0.15, -0.1) is 0 Å². The topological polar surface area (TPSA) is 8.17 Å². The van der Waals surface area contributed by atoms with Gasteiger partial charge in [0, 0.05) is 27.7 Å². The molecular formula is C69H44N2. The first kappa shape index (κ1) is 39.7. The van der Waals surface area contributed by atoms with E-state index < -0.39 is 5.41 Å². The number of rotatable bonds is 6. The first-order chi connectivity index (χ1) is 35.3. The highest BCUT2D eigenvalue weighted by molar-refractivity contribution is 6.17. The zero-order valence-electron chi connectivity index (χ0n) is 38.8. The summed E-state index contributed by atoms with van der Waals surface area (Å²) in [4.78, 5) is 2.56. The average Bonchev–Trinajstić information content (AvgIpc) is 4.15. The molecule has 0 saturated carbocycles. The summed E-state index contributed by atoms with van der Waals surface area (Å²) in [6.07, 6.45) is 2.36. The Labute approximate surface area is 413 Å². The first-order valence-corrected chi connectivity index (χ1v) is 24.7. The molecule has 15 rings (SSSR count). The van der Waals surface area contributed by atoms with Crippen LogP contribution in [-0.2, 0) is 5.41 Å². The van der Waals surface area contributed by atoms with Crippen LogP contribution < -0.4 is 4.90 Å². The number of benzene rings is 11. The molecule has 0 atom stereocenters. The van der Waals surface area contributed by atoms with E-state index in [-0.39, 0.29) is 0 Å². The second kappa shape index (κ2) is 15.4. The molecule has 0 N–H and O–H groups in total. The van der Waals surface area contributed by atoms with Crippen molar-refractivity contribution in [2.24, 2.45) is 0 Å². The number of anilines is 3. The Morgan fingerprint density at radius 3 is 1.61 bits per heavy atom. The molecule has 0 bridgehead atoms. The van der Waals surface area contributed by atoms with Crippen molar-refractivity contribution in [3.63, 3.8) is 0 Å². The zero-order valence-corrected chi connectivity index (χ0v) is 38.8. The third-order valence-corrected chi connectivity index (χ3v) is 15.6. The van der Waals surface area contributed by atoms with Gasteiger partial charge in [0.25, 0.3) is 0 Å². The van der Waals surface area contributed by atoms with Gasteiger partial charge >= 0.3 is 0 Å². The van der Waals surface area contributed by atoms with E-state index in [2.05, 4.69) is 276 Å². The van der Waals surface area contributed by atoms with Crippen LogP contribution in [0.5, 0.6) is 0 Å². The van der Waals surface area contributed by atoms with Gasteiger partial charge in [0.15, 0.2) is 0 Å². The summed E-state index contributed by atoms with van der Waals surface area (Å²) in [5, 5.41) is 2.42. The highest BCUT2D eigenvalue weighted by Crippen LogP contribution is 2.65. The Morgan fingerprint density at radius 2 is 0.859 bits per heavy atom. The van der Waals surface area contributed by atoms with E-state index in [1.807, 2.05) is 0 Å². The van der Waals surface area contributed by atoms with Gasteiger partial charge < -0.3 is 9.47 Å². The summed E-state index contributed by atoms with van der Waals surface area (Å²) in [5.74, 6) is 0. The van der Waals surface area contributed by atoms with Gasteiger partial charge in [0.05, 0.1) is 27.8 Å². The lowest BCUT2D eigenvalue weighted by molar-refractivity contribution is 0.794. The smallest absolute Gasteiger partial charge is 0.0726 e. The summed E-state index contributed by atoms with van der Waals surface area (Å²) >= 11 is 0. The third-order valence-electron chi connectivity index (χ3n) is 15.6. The molecule has 3 aliphatic rings. The SMILES string of the molecule is C(=C1c2ccccc2-c2cccc(-c3ccc(N(c4cccc5c4-c4ccccc4C54c5ccccc5-c5ccccc54)c4cccc5c4c4ccccc4n5-c4ccccc4)cc3)c21)c1ccccc1. The molecule has 2 heteroatoms. The highest BCUT2D eigenvalue weighted by Gasteiger charge is 2.52. The molecule has 0 unspecified atom stereocenters. The summed E-state index contributed by atoms with van der Waals surface area (Å²) in [6, 6.07) is 96.7. The maximum Gasteiger partial charge on any atom is 0.0726 e. The second-order valence-corrected chi connectivity index (χ2v) is 19.1. The average molecular weight is 901 g/mol. The molecule has 11 aromatic carbocycles. The standard InChI is InChI=1S/C69H44N2/c1-3-20-45(21-4-1)44-57-51-25-8-7-24-50(51)54-31-17-30-49(66(54)57)46-40-42-48(43-41-46)71(65-39-19-38-64-68(65)56-29-12-16-36-62(56)70(64)47-22-5-2-6-23-47)63-37-18-35-61-67(63)55-28-11-15-34-60(55)69(61)58-32-13-9-26-52(58)53-27-10-14-33-59(53)69/h1-44H. The van der Waals surface area contributed by atoms with Gasteiger partial charge in [-0.05, 0) is 138 Å². The van der Waals surface area contributed by atoms with E-state index in [9.17, 15) is 0 Å². The van der Waals surface area contributed by atoms with Crippen molar-refractivity contribution in [1.29, 1.82) is 0 Å². The van der Waals surface area contributed by atoms with Crippen LogP contribution in [0.3, 0.4) is 0 Å². The van der Waals surface area contributed by atoms with Crippen LogP contribution in [0.4, 0.5) is 17.1 Å². The molecule has 330 valence electrons. The summed E-state index contributed by atoms with van der Waals surface area (Å²) < 4.78 is 2.43. The van der Waals surface area contributed by atoms with E-state index in [1.165, 1.54) is 105 Å². The molecule has 12 aromatic rings. The van der Waals surface area contributed by atoms with E-state index in [4.69, 9.17) is 0 Å². The maximum atomic E-state index is 2.56. The van der Waals surface area contributed by atoms with Crippen molar-refractivity contribution < 1.29 is 0 Å². The molecule has 0 amide bonds. The van der Waals surface area contributed by atoms with Crippen LogP contribution in [0.25, 0.3) is 83.6 Å². The number of hydrogen-bond donors (Lipinski definition) is 0. The molecule has 0 saturated heterocycles. The monoisotopic (exact) mass is 900 g/mol. The van der Waals surface area contributed by atoms with E-state index in [0.29, 0.717) is 0 Å². The Balaban J connectivity index is 0.990. The predicted octanol–water partition coefficient (Wildman–Crippen LogP) is 17.8. The first-order valence-electron chi connectivity index (χ1n) is 24.7. The van der Waals surface area contributed by atoms with Crippen LogP contribution in [0.2, 0.25) is 0 Å². The molecule has 0 fully saturated rings. The largest absolute Gasteiger partial charge is 0.309 e. The molecule has 3 aliphatic carbocycles. The van der Waals surface area contributed by atoms with Crippen molar-refractivity contribution in [1.82, 2.24) is 4.57 Å². The van der Waals surface area contributed by atoms with Gasteiger partial charge in [-0.2, -0.15) is 0 Å². The predicted molar refractivity (Wildman–Crippen MR) is 296 cm³/mol. The van der Waals surface area contributed by atoms with Crippen molar-refractivity contribution >= 4 is 50.5 Å². The van der Waals surface area contributed by atoms with Crippen molar-refractivity contribution in [2.75, 3.05) is 4.90 Å². The minimum atomic E-state index is -0.476. The molecule has 71 heavy (non-hydrogen) atoms. The van der Waals surface area contributed by atoms with Crippen LogP contribution in [0.1, 0.15) is 38.9 Å². The van der Waals surface area contributed by atoms with Gasteiger partial charge in [-0.25, -0.2) is 0 Å². The molecule has 0 aliphatic heterocycles. The molecule has 0 radical (unpaired) electrons. The quantitative estimate of drug-likeness (QED) is 0.161. The Kier molecular flexibility index (Phi) is 8.61. The van der Waals surface area contributed by atoms with Gasteiger partial charge in [-0.1, -0.05) is 212 Å². The molecule has 1 aromatic heterocycles. The molecule has 1 spiro atoms. The van der Waals surface area contributed by atoms with Crippen molar-refractivity contribution in [3.8, 4) is 50.2 Å². The Hall–Kier alpha value is -9.24. The fraction of sp³-hybridized carbons (Fsp3) is 0.0145. The van der Waals surface area contributed by atoms with Crippen LogP contribution in [0.15, 0.2) is 261 Å². The number of fused-ring (bicyclic) bond motifs is 16. The van der Waals surface area contributed by atoms with Gasteiger partial charge in [-0.3, -0.25) is 0 Å². The minimum Gasteiger partial charge on any atom is -0.309 e. The lowest BCUT2D eigenvalue weighted by atomic mass is 9.70. The van der Waals surface area contributed by atoms with E-state index in [0.717, 1.165) is 28.3 Å². The molecule has 1 heterocycles. The van der Waals surface area contributed by atoms with Crippen LogP contribution in [-0.4, -0.2) is 4.57 Å². The molecule has 2 nitrogen and oxygen atoms in total. The fourth-order valence-corrected chi connectivity index (χ4v) is 12.8. The minimum absolute atomic E-state index is 0.476.